The summed E-state index contributed by atoms with van der Waals surface area (Å²) in [5.74, 6) is 0.485. The topological polar surface area (TPSA) is 58.6 Å². The van der Waals surface area contributed by atoms with E-state index in [9.17, 15) is 9.59 Å². The van der Waals surface area contributed by atoms with Gasteiger partial charge in [-0.3, -0.25) is 14.5 Å². The number of rotatable bonds is 4. The zero-order chi connectivity index (χ0) is 25.4. The number of para-hydroxylation sites is 2. The molecule has 0 fully saturated rings. The van der Waals surface area contributed by atoms with Crippen LogP contribution in [0.25, 0.3) is 0 Å². The van der Waals surface area contributed by atoms with E-state index in [0.29, 0.717) is 41.4 Å². The van der Waals surface area contributed by atoms with Crippen LogP contribution >= 0.6 is 11.6 Å². The molecule has 1 heterocycles. The molecule has 5 rings (SSSR count). The van der Waals surface area contributed by atoms with Crippen molar-refractivity contribution in [3.8, 4) is 5.75 Å². The number of amides is 1. The number of nitrogens with zero attached hydrogens (tertiary/aromatic N) is 1. The van der Waals surface area contributed by atoms with Gasteiger partial charge in [-0.05, 0) is 47.2 Å². The van der Waals surface area contributed by atoms with Gasteiger partial charge in [-0.2, -0.15) is 0 Å². The second-order valence-corrected chi connectivity index (χ2v) is 10.6. The smallest absolute Gasteiger partial charge is 0.224 e. The first kappa shape index (κ1) is 24.1. The minimum absolute atomic E-state index is 0.0262. The van der Waals surface area contributed by atoms with Gasteiger partial charge in [0.1, 0.15) is 12.4 Å². The molecule has 36 heavy (non-hydrogen) atoms. The van der Waals surface area contributed by atoms with Crippen LogP contribution in [-0.2, 0) is 16.2 Å². The van der Waals surface area contributed by atoms with Crippen molar-refractivity contribution in [1.29, 1.82) is 0 Å². The quantitative estimate of drug-likeness (QED) is 0.415. The highest BCUT2D eigenvalue weighted by atomic mass is 35.5. The predicted molar refractivity (Wildman–Crippen MR) is 143 cm³/mol. The monoisotopic (exact) mass is 500 g/mol. The summed E-state index contributed by atoms with van der Waals surface area (Å²) in [5, 5.41) is 3.94. The van der Waals surface area contributed by atoms with Crippen LogP contribution in [0.1, 0.15) is 50.8 Å². The minimum Gasteiger partial charge on any atom is -0.489 e. The number of fused-ring (bicyclic) bond motifs is 1. The van der Waals surface area contributed by atoms with Crippen LogP contribution < -0.4 is 15.0 Å². The Morgan fingerprint density at radius 3 is 2.50 bits per heavy atom. The van der Waals surface area contributed by atoms with E-state index in [-0.39, 0.29) is 17.1 Å². The molecule has 1 unspecified atom stereocenters. The van der Waals surface area contributed by atoms with Gasteiger partial charge in [-0.15, -0.1) is 0 Å². The lowest BCUT2D eigenvalue weighted by Crippen LogP contribution is -2.38. The van der Waals surface area contributed by atoms with E-state index >= 15 is 0 Å². The highest BCUT2D eigenvalue weighted by Crippen LogP contribution is 2.49. The number of halogens is 1. The lowest BCUT2D eigenvalue weighted by atomic mass is 9.73. The largest absolute Gasteiger partial charge is 0.489 e. The highest BCUT2D eigenvalue weighted by Gasteiger charge is 2.43. The number of benzene rings is 3. The van der Waals surface area contributed by atoms with Crippen molar-refractivity contribution >= 4 is 34.7 Å². The summed E-state index contributed by atoms with van der Waals surface area (Å²) in [5.41, 5.74) is 4.52. The van der Waals surface area contributed by atoms with E-state index in [1.165, 1.54) is 6.92 Å². The molecule has 1 aliphatic heterocycles. The molecular weight excluding hydrogens is 472 g/mol. The van der Waals surface area contributed by atoms with Crippen LogP contribution in [0.2, 0.25) is 5.02 Å². The fraction of sp³-hybridized carbons (Fsp3) is 0.267. The summed E-state index contributed by atoms with van der Waals surface area (Å²) in [7, 11) is 0. The summed E-state index contributed by atoms with van der Waals surface area (Å²) in [6, 6.07) is 22.4. The van der Waals surface area contributed by atoms with Gasteiger partial charge in [0, 0.05) is 29.6 Å². The van der Waals surface area contributed by atoms with Crippen molar-refractivity contribution in [3.05, 3.63) is 100 Å². The number of allylic oxidation sites excluding steroid dienone is 1. The summed E-state index contributed by atoms with van der Waals surface area (Å²) >= 11 is 6.86. The molecule has 0 radical (unpaired) electrons. The Labute approximate surface area is 216 Å². The second kappa shape index (κ2) is 9.47. The molecule has 6 heteroatoms. The average molecular weight is 501 g/mol. The molecule has 0 spiro atoms. The molecular formula is C30H29ClN2O3. The van der Waals surface area contributed by atoms with E-state index in [2.05, 4.69) is 19.2 Å². The Balaban J connectivity index is 1.60. The van der Waals surface area contributed by atoms with Gasteiger partial charge in [-0.1, -0.05) is 74.0 Å². The molecule has 2 aliphatic rings. The third-order valence-electron chi connectivity index (χ3n) is 6.75. The van der Waals surface area contributed by atoms with Crippen molar-refractivity contribution in [2.24, 2.45) is 5.41 Å². The van der Waals surface area contributed by atoms with Crippen molar-refractivity contribution in [2.75, 3.05) is 10.2 Å². The molecule has 1 amide bonds. The maximum Gasteiger partial charge on any atom is 0.224 e. The highest BCUT2D eigenvalue weighted by molar-refractivity contribution is 6.31. The van der Waals surface area contributed by atoms with E-state index in [1.54, 1.807) is 11.0 Å². The van der Waals surface area contributed by atoms with Crippen LogP contribution in [-0.4, -0.2) is 11.7 Å². The van der Waals surface area contributed by atoms with E-state index in [4.69, 9.17) is 16.3 Å². The number of hydrogen-bond acceptors (Lipinski definition) is 4. The first-order valence-corrected chi connectivity index (χ1v) is 12.5. The molecule has 1 N–H and O–H groups in total. The number of ketones is 1. The first-order valence-electron chi connectivity index (χ1n) is 12.1. The number of hydrogen-bond donors (Lipinski definition) is 1. The fourth-order valence-corrected chi connectivity index (χ4v) is 5.46. The van der Waals surface area contributed by atoms with E-state index in [0.717, 1.165) is 22.6 Å². The maximum atomic E-state index is 13.6. The zero-order valence-electron chi connectivity index (χ0n) is 20.7. The third-order valence-corrected chi connectivity index (χ3v) is 7.08. The lowest BCUT2D eigenvalue weighted by molar-refractivity contribution is -0.118. The van der Waals surface area contributed by atoms with Gasteiger partial charge >= 0.3 is 0 Å². The lowest BCUT2D eigenvalue weighted by Gasteiger charge is -2.37. The Hall–Kier alpha value is -3.57. The van der Waals surface area contributed by atoms with Crippen LogP contribution in [0.15, 0.2) is 84.1 Å². The Morgan fingerprint density at radius 1 is 1.06 bits per heavy atom. The maximum absolute atomic E-state index is 13.6. The standard InChI is InChI=1S/C30H29ClN2O3/c1-19(34)33-26-12-8-7-11-24(26)32-25-16-30(2,3)17-27(35)28(25)29(33)22-14-13-21(15-23(22)31)36-18-20-9-5-4-6-10-20/h4-15,29,32H,16-18H2,1-3H3. The van der Waals surface area contributed by atoms with Gasteiger partial charge in [-0.25, -0.2) is 0 Å². The van der Waals surface area contributed by atoms with Crippen LogP contribution in [0.3, 0.4) is 0 Å². The van der Waals surface area contributed by atoms with Crippen molar-refractivity contribution in [2.45, 2.75) is 46.3 Å². The van der Waals surface area contributed by atoms with Gasteiger partial charge < -0.3 is 10.1 Å². The number of carbonyl (C=O) groups excluding carboxylic acids is 2. The molecule has 184 valence electrons. The van der Waals surface area contributed by atoms with Crippen molar-refractivity contribution in [1.82, 2.24) is 0 Å². The number of ether oxygens (including phenoxy) is 1. The number of anilines is 2. The van der Waals surface area contributed by atoms with E-state index in [1.807, 2.05) is 66.7 Å². The first-order chi connectivity index (χ1) is 17.2. The normalized spacial score (nSPS) is 18.6. The van der Waals surface area contributed by atoms with Crippen molar-refractivity contribution < 1.29 is 14.3 Å². The van der Waals surface area contributed by atoms with Crippen LogP contribution in [0, 0.1) is 5.41 Å². The van der Waals surface area contributed by atoms with Gasteiger partial charge in [0.05, 0.1) is 17.4 Å². The van der Waals surface area contributed by atoms with Gasteiger partial charge in [0.25, 0.3) is 0 Å². The molecule has 0 saturated carbocycles. The number of carbonyl (C=O) groups is 2. The van der Waals surface area contributed by atoms with Crippen LogP contribution in [0.4, 0.5) is 11.4 Å². The minimum atomic E-state index is -0.645. The molecule has 0 bridgehead atoms. The van der Waals surface area contributed by atoms with Crippen molar-refractivity contribution in [3.63, 3.8) is 0 Å². The van der Waals surface area contributed by atoms with Gasteiger partial charge in [0.2, 0.25) is 5.91 Å². The Morgan fingerprint density at radius 2 is 1.78 bits per heavy atom. The number of nitrogens with one attached hydrogen (secondary N) is 1. The molecule has 3 aromatic rings. The second-order valence-electron chi connectivity index (χ2n) is 10.2. The average Bonchev–Trinajstić information content (AvgIpc) is 2.97. The molecule has 5 nitrogen and oxygen atoms in total. The molecule has 3 aromatic carbocycles. The number of Topliss-reactive ketones (excluding diaryl/α,β-unsaturated/α-hetero) is 1. The van der Waals surface area contributed by atoms with E-state index < -0.39 is 6.04 Å². The Kier molecular flexibility index (Phi) is 6.35. The summed E-state index contributed by atoms with van der Waals surface area (Å²) < 4.78 is 5.97. The molecule has 0 saturated heterocycles. The molecule has 0 aromatic heterocycles. The Bertz CT molecular complexity index is 1360. The fourth-order valence-electron chi connectivity index (χ4n) is 5.19. The SMILES string of the molecule is CC(=O)N1c2ccccc2NC2=C(C(=O)CC(C)(C)C2)C1c1ccc(OCc2ccccc2)cc1Cl. The molecule has 1 atom stereocenters. The predicted octanol–water partition coefficient (Wildman–Crippen LogP) is 7.08. The zero-order valence-corrected chi connectivity index (χ0v) is 21.4. The summed E-state index contributed by atoms with van der Waals surface area (Å²) in [6.07, 6.45) is 1.10. The summed E-state index contributed by atoms with van der Waals surface area (Å²) in [6.45, 7) is 6.13. The summed E-state index contributed by atoms with van der Waals surface area (Å²) in [4.78, 5) is 28.5. The third kappa shape index (κ3) is 4.63. The van der Waals surface area contributed by atoms with Crippen LogP contribution in [0.5, 0.6) is 5.75 Å². The molecule has 1 aliphatic carbocycles. The van der Waals surface area contributed by atoms with Gasteiger partial charge in [0.15, 0.2) is 5.78 Å².